The fourth-order valence-electron chi connectivity index (χ4n) is 2.68. The first-order chi connectivity index (χ1) is 9.17. The van der Waals surface area contributed by atoms with E-state index in [0.717, 1.165) is 43.1 Å². The van der Waals surface area contributed by atoms with Crippen LogP contribution in [0, 0.1) is 6.92 Å². The molecule has 108 valence electrons. The summed E-state index contributed by atoms with van der Waals surface area (Å²) in [5.41, 5.74) is 7.90. The van der Waals surface area contributed by atoms with Gasteiger partial charge in [-0.25, -0.2) is 4.68 Å². The second kappa shape index (κ2) is 6.36. The summed E-state index contributed by atoms with van der Waals surface area (Å²) in [6, 6.07) is 0.0489. The Morgan fingerprint density at radius 2 is 2.42 bits per heavy atom. The van der Waals surface area contributed by atoms with Gasteiger partial charge in [-0.2, -0.15) is 5.10 Å². The molecule has 1 aromatic heterocycles. The maximum absolute atomic E-state index is 5.90. The van der Waals surface area contributed by atoms with Gasteiger partial charge in [-0.1, -0.05) is 0 Å². The molecular formula is C13H24N4O2. The molecule has 6 nitrogen and oxygen atoms in total. The molecule has 2 atom stereocenters. The summed E-state index contributed by atoms with van der Waals surface area (Å²) in [6.07, 6.45) is 2.57. The van der Waals surface area contributed by atoms with Crippen molar-refractivity contribution in [3.63, 3.8) is 0 Å². The quantitative estimate of drug-likeness (QED) is 0.786. The molecule has 1 fully saturated rings. The number of hydrogen-bond donors (Lipinski definition) is 2. The first-order valence-corrected chi connectivity index (χ1v) is 6.80. The lowest BCUT2D eigenvalue weighted by Crippen LogP contribution is -2.34. The molecule has 6 heteroatoms. The first-order valence-electron chi connectivity index (χ1n) is 6.80. The average Bonchev–Trinajstić information content (AvgIpc) is 2.99. The average molecular weight is 268 g/mol. The Labute approximate surface area is 114 Å². The summed E-state index contributed by atoms with van der Waals surface area (Å²) in [6.45, 7) is 4.18. The van der Waals surface area contributed by atoms with E-state index in [1.165, 1.54) is 0 Å². The van der Waals surface area contributed by atoms with Crippen LogP contribution in [-0.4, -0.2) is 42.7 Å². The molecule has 1 aliphatic heterocycles. The summed E-state index contributed by atoms with van der Waals surface area (Å²) in [7, 11) is 3.54. The van der Waals surface area contributed by atoms with Gasteiger partial charge >= 0.3 is 0 Å². The molecule has 0 aromatic carbocycles. The highest BCUT2D eigenvalue weighted by Crippen LogP contribution is 2.27. The molecule has 0 amide bonds. The summed E-state index contributed by atoms with van der Waals surface area (Å²) in [4.78, 5) is 0. The van der Waals surface area contributed by atoms with Gasteiger partial charge in [0.15, 0.2) is 0 Å². The second-order valence-electron chi connectivity index (χ2n) is 4.96. The van der Waals surface area contributed by atoms with Crippen LogP contribution in [0.5, 0.6) is 5.88 Å². The van der Waals surface area contributed by atoms with Crippen LogP contribution in [-0.2, 0) is 11.8 Å². The molecule has 3 N–H and O–H groups in total. The van der Waals surface area contributed by atoms with Crippen molar-refractivity contribution in [1.29, 1.82) is 0 Å². The molecule has 1 aliphatic rings. The zero-order valence-corrected chi connectivity index (χ0v) is 12.0. The Balaban J connectivity index is 2.07. The number of aryl methyl sites for hydroxylation is 2. The van der Waals surface area contributed by atoms with Gasteiger partial charge in [0, 0.05) is 26.7 Å². The SMILES string of the molecule is COc1c(C(CN)NCC2CCCO2)c(C)nn1C. The molecule has 1 aromatic rings. The minimum atomic E-state index is 0.0489. The Morgan fingerprint density at radius 1 is 1.63 bits per heavy atom. The van der Waals surface area contributed by atoms with E-state index >= 15 is 0 Å². The van der Waals surface area contributed by atoms with Crippen LogP contribution < -0.4 is 15.8 Å². The van der Waals surface area contributed by atoms with Gasteiger partial charge in [0.25, 0.3) is 0 Å². The number of rotatable bonds is 6. The summed E-state index contributed by atoms with van der Waals surface area (Å²) >= 11 is 0. The fraction of sp³-hybridized carbons (Fsp3) is 0.769. The summed E-state index contributed by atoms with van der Waals surface area (Å²) in [5, 5.41) is 7.87. The minimum Gasteiger partial charge on any atom is -0.481 e. The van der Waals surface area contributed by atoms with Crippen molar-refractivity contribution in [2.75, 3.05) is 26.8 Å². The van der Waals surface area contributed by atoms with E-state index in [-0.39, 0.29) is 6.04 Å². The van der Waals surface area contributed by atoms with Crippen LogP contribution in [0.15, 0.2) is 0 Å². The highest BCUT2D eigenvalue weighted by atomic mass is 16.5. The molecule has 1 saturated heterocycles. The van der Waals surface area contributed by atoms with Gasteiger partial charge in [-0.15, -0.1) is 0 Å². The van der Waals surface area contributed by atoms with Crippen molar-refractivity contribution < 1.29 is 9.47 Å². The van der Waals surface area contributed by atoms with E-state index in [0.29, 0.717) is 12.6 Å². The third kappa shape index (κ3) is 3.08. The normalized spacial score (nSPS) is 20.7. The highest BCUT2D eigenvalue weighted by Gasteiger charge is 2.24. The minimum absolute atomic E-state index is 0.0489. The zero-order valence-electron chi connectivity index (χ0n) is 12.0. The predicted octanol–water partition coefficient (Wildman–Crippen LogP) is 0.506. The van der Waals surface area contributed by atoms with Gasteiger partial charge in [-0.3, -0.25) is 0 Å². The van der Waals surface area contributed by atoms with E-state index in [1.54, 1.807) is 11.8 Å². The van der Waals surface area contributed by atoms with Crippen molar-refractivity contribution >= 4 is 0 Å². The lowest BCUT2D eigenvalue weighted by Gasteiger charge is -2.20. The highest BCUT2D eigenvalue weighted by molar-refractivity contribution is 5.34. The molecule has 0 aliphatic carbocycles. The Hall–Kier alpha value is -1.11. The molecule has 19 heavy (non-hydrogen) atoms. The third-order valence-electron chi connectivity index (χ3n) is 3.61. The van der Waals surface area contributed by atoms with Crippen molar-refractivity contribution in [2.45, 2.75) is 31.9 Å². The molecule has 2 rings (SSSR count). The van der Waals surface area contributed by atoms with E-state index < -0.39 is 0 Å². The van der Waals surface area contributed by atoms with Gasteiger partial charge in [0.2, 0.25) is 5.88 Å². The molecule has 2 unspecified atom stereocenters. The van der Waals surface area contributed by atoms with E-state index in [1.807, 2.05) is 14.0 Å². The summed E-state index contributed by atoms with van der Waals surface area (Å²) < 4.78 is 12.8. The first kappa shape index (κ1) is 14.3. The number of nitrogens with zero attached hydrogens (tertiary/aromatic N) is 2. The van der Waals surface area contributed by atoms with Crippen LogP contribution in [0.2, 0.25) is 0 Å². The maximum atomic E-state index is 5.90. The van der Waals surface area contributed by atoms with E-state index in [4.69, 9.17) is 15.2 Å². The van der Waals surface area contributed by atoms with Crippen LogP contribution in [0.1, 0.15) is 30.1 Å². The number of ether oxygens (including phenoxy) is 2. The molecule has 0 radical (unpaired) electrons. The van der Waals surface area contributed by atoms with E-state index in [2.05, 4.69) is 10.4 Å². The van der Waals surface area contributed by atoms with Crippen molar-refractivity contribution in [1.82, 2.24) is 15.1 Å². The largest absolute Gasteiger partial charge is 0.481 e. The van der Waals surface area contributed by atoms with Gasteiger partial charge in [0.05, 0.1) is 30.5 Å². The number of methoxy groups -OCH3 is 1. The predicted molar refractivity (Wildman–Crippen MR) is 73.3 cm³/mol. The smallest absolute Gasteiger partial charge is 0.216 e. The monoisotopic (exact) mass is 268 g/mol. The number of hydrogen-bond acceptors (Lipinski definition) is 5. The number of aromatic nitrogens is 2. The van der Waals surface area contributed by atoms with Crippen LogP contribution in [0.4, 0.5) is 0 Å². The molecule has 0 saturated carbocycles. The van der Waals surface area contributed by atoms with Crippen LogP contribution in [0.25, 0.3) is 0 Å². The molecule has 2 heterocycles. The lowest BCUT2D eigenvalue weighted by atomic mass is 10.1. The standard InChI is InChI=1S/C13H24N4O2/c1-9-12(13(18-3)17(2)16-9)11(7-14)15-8-10-5-4-6-19-10/h10-11,15H,4-8,14H2,1-3H3. The molecular weight excluding hydrogens is 244 g/mol. The van der Waals surface area contributed by atoms with Gasteiger partial charge in [0.1, 0.15) is 0 Å². The Bertz CT molecular complexity index is 413. The van der Waals surface area contributed by atoms with Gasteiger partial charge in [-0.05, 0) is 19.8 Å². The maximum Gasteiger partial charge on any atom is 0.216 e. The topological polar surface area (TPSA) is 74.3 Å². The number of nitrogens with one attached hydrogen (secondary N) is 1. The Morgan fingerprint density at radius 3 is 3.00 bits per heavy atom. The van der Waals surface area contributed by atoms with Crippen molar-refractivity contribution in [3.05, 3.63) is 11.3 Å². The number of nitrogens with two attached hydrogens (primary N) is 1. The Kier molecular flexibility index (Phi) is 4.79. The lowest BCUT2D eigenvalue weighted by molar-refractivity contribution is 0.107. The molecule has 0 bridgehead atoms. The second-order valence-corrected chi connectivity index (χ2v) is 4.96. The zero-order chi connectivity index (χ0) is 13.8. The summed E-state index contributed by atoms with van der Waals surface area (Å²) in [5.74, 6) is 0.771. The fourth-order valence-corrected chi connectivity index (χ4v) is 2.68. The van der Waals surface area contributed by atoms with E-state index in [9.17, 15) is 0 Å². The van der Waals surface area contributed by atoms with Crippen molar-refractivity contribution in [3.8, 4) is 5.88 Å². The van der Waals surface area contributed by atoms with Crippen molar-refractivity contribution in [2.24, 2.45) is 12.8 Å². The van der Waals surface area contributed by atoms with Gasteiger partial charge < -0.3 is 20.5 Å². The third-order valence-corrected chi connectivity index (χ3v) is 3.61. The van der Waals surface area contributed by atoms with Crippen LogP contribution >= 0.6 is 0 Å². The van der Waals surface area contributed by atoms with Crippen LogP contribution in [0.3, 0.4) is 0 Å². The molecule has 0 spiro atoms.